The highest BCUT2D eigenvalue weighted by atomic mass is 35.5. The van der Waals surface area contributed by atoms with E-state index in [2.05, 4.69) is 5.43 Å². The number of aliphatic hydroxyl groups excluding tert-OH is 3. The van der Waals surface area contributed by atoms with Crippen molar-refractivity contribution in [3.63, 3.8) is 0 Å². The second kappa shape index (κ2) is 10.0. The van der Waals surface area contributed by atoms with Crippen LogP contribution in [0.3, 0.4) is 0 Å². The maximum absolute atomic E-state index is 13.7. The van der Waals surface area contributed by atoms with Crippen LogP contribution in [0.15, 0.2) is 41.4 Å². The lowest BCUT2D eigenvalue weighted by Gasteiger charge is -2.43. The molecule has 4 rings (SSSR count). The molecule has 0 radical (unpaired) electrons. The summed E-state index contributed by atoms with van der Waals surface area (Å²) in [6.45, 7) is -0.540. The molecule has 34 heavy (non-hydrogen) atoms. The minimum absolute atomic E-state index is 0.0167. The van der Waals surface area contributed by atoms with Gasteiger partial charge in [-0.05, 0) is 30.3 Å². The number of hydrogen-bond acceptors (Lipinski definition) is 8. The lowest BCUT2D eigenvalue weighted by molar-refractivity contribution is -0.829. The van der Waals surface area contributed by atoms with Crippen molar-refractivity contribution in [2.24, 2.45) is 0 Å². The van der Waals surface area contributed by atoms with Gasteiger partial charge in [0.25, 0.3) is 0 Å². The molecular formula is C21H19ClF3N4O4S+. The summed E-state index contributed by atoms with van der Waals surface area (Å²) in [6, 6.07) is 7.24. The van der Waals surface area contributed by atoms with E-state index in [0.717, 1.165) is 23.9 Å². The molecule has 2 aromatic carbocycles. The van der Waals surface area contributed by atoms with Gasteiger partial charge < -0.3 is 20.1 Å². The average molecular weight is 516 g/mol. The molecule has 3 unspecified atom stereocenters. The molecule has 8 nitrogen and oxygen atoms in total. The highest BCUT2D eigenvalue weighted by Crippen LogP contribution is 2.36. The predicted octanol–water partition coefficient (Wildman–Crippen LogP) is 0.826. The van der Waals surface area contributed by atoms with Gasteiger partial charge in [-0.2, -0.15) is 10.3 Å². The molecule has 13 heteroatoms. The molecule has 0 bridgehead atoms. The van der Waals surface area contributed by atoms with Crippen molar-refractivity contribution in [3.05, 3.63) is 70.1 Å². The normalized spacial score (nSPS) is 26.7. The van der Waals surface area contributed by atoms with Gasteiger partial charge in [0.2, 0.25) is 0 Å². The molecular weight excluding hydrogens is 497 g/mol. The first-order chi connectivity index (χ1) is 16.2. The highest BCUT2D eigenvalue weighted by Gasteiger charge is 2.49. The molecule has 5 atom stereocenters. The first-order valence-electron chi connectivity index (χ1n) is 9.96. The van der Waals surface area contributed by atoms with Gasteiger partial charge >= 0.3 is 0 Å². The molecule has 1 fully saturated rings. The van der Waals surface area contributed by atoms with Crippen LogP contribution in [0.4, 0.5) is 13.2 Å². The van der Waals surface area contributed by atoms with Gasteiger partial charge in [-0.1, -0.05) is 23.4 Å². The van der Waals surface area contributed by atoms with Crippen molar-refractivity contribution in [1.82, 2.24) is 10.4 Å². The van der Waals surface area contributed by atoms with E-state index in [-0.39, 0.29) is 21.8 Å². The van der Waals surface area contributed by atoms with Crippen LogP contribution in [0.5, 0.6) is 0 Å². The molecule has 1 saturated heterocycles. The van der Waals surface area contributed by atoms with Crippen molar-refractivity contribution in [3.8, 4) is 6.07 Å². The highest BCUT2D eigenvalue weighted by molar-refractivity contribution is 7.99. The third-order valence-corrected chi connectivity index (χ3v) is 6.91. The molecule has 2 heterocycles. The quantitative estimate of drug-likeness (QED) is 0.293. The Morgan fingerprint density at radius 1 is 1.18 bits per heavy atom. The number of aliphatic hydroxyl groups is 3. The zero-order valence-corrected chi connectivity index (χ0v) is 18.8. The summed E-state index contributed by atoms with van der Waals surface area (Å²) < 4.78 is 46.3. The molecule has 6 N–H and O–H groups in total. The van der Waals surface area contributed by atoms with Gasteiger partial charge in [-0.25, -0.2) is 18.6 Å². The van der Waals surface area contributed by atoms with Crippen LogP contribution >= 0.6 is 23.4 Å². The summed E-state index contributed by atoms with van der Waals surface area (Å²) in [5.41, 5.74) is 3.70. The third kappa shape index (κ3) is 4.69. The van der Waals surface area contributed by atoms with Crippen molar-refractivity contribution in [2.45, 2.75) is 34.7 Å². The minimum Gasteiger partial charge on any atom is -0.394 e. The van der Waals surface area contributed by atoms with Crippen molar-refractivity contribution < 1.29 is 38.8 Å². The van der Waals surface area contributed by atoms with Gasteiger partial charge in [0, 0.05) is 10.5 Å². The molecule has 2 aliphatic rings. The van der Waals surface area contributed by atoms with Gasteiger partial charge in [0.05, 0.1) is 23.4 Å². The van der Waals surface area contributed by atoms with Crippen molar-refractivity contribution in [2.75, 3.05) is 6.61 Å². The molecule has 2 aliphatic heterocycles. The third-order valence-electron chi connectivity index (χ3n) is 5.45. The number of ether oxygens (including phenoxy) is 1. The summed E-state index contributed by atoms with van der Waals surface area (Å²) in [4.78, 5) is 0.580. The summed E-state index contributed by atoms with van der Waals surface area (Å²) in [7, 11) is 0. The van der Waals surface area contributed by atoms with Crippen LogP contribution in [0.2, 0.25) is 5.02 Å². The van der Waals surface area contributed by atoms with E-state index in [1.54, 1.807) is 6.07 Å². The Hall–Kier alpha value is -2.50. The van der Waals surface area contributed by atoms with Crippen LogP contribution in [-0.2, 0) is 4.74 Å². The number of thioether (sulfide) groups is 1. The largest absolute Gasteiger partial charge is 0.394 e. The first-order valence-corrected chi connectivity index (χ1v) is 11.2. The van der Waals surface area contributed by atoms with E-state index in [4.69, 9.17) is 21.6 Å². The van der Waals surface area contributed by atoms with Crippen molar-refractivity contribution in [1.29, 1.82) is 5.26 Å². The van der Waals surface area contributed by atoms with Gasteiger partial charge in [0.1, 0.15) is 41.6 Å². The van der Waals surface area contributed by atoms with E-state index in [9.17, 15) is 28.5 Å². The Balaban J connectivity index is 1.59. The van der Waals surface area contributed by atoms with Crippen LogP contribution in [0.25, 0.3) is 5.70 Å². The predicted molar refractivity (Wildman–Crippen MR) is 115 cm³/mol. The number of hydrogen-bond donors (Lipinski definition) is 5. The smallest absolute Gasteiger partial charge is 0.194 e. The van der Waals surface area contributed by atoms with E-state index >= 15 is 0 Å². The number of nitrogens with two attached hydrogens (primary N) is 1. The standard InChI is InChI=1S/C21H18ClF3N4O4S/c22-12-5-11(2-1-9(12)6-26)34-21-20(32)18(19(31)16(8-30)33-21)29-7-15(27-28-29)10-3-13(23)17(25)14(24)4-10/h1-5,7,16,18-21,27-28,30-32H,8H2/p+1/t16?,18?,19-,20?,21+/m0/s1. The van der Waals surface area contributed by atoms with Crippen LogP contribution < -0.4 is 11.0 Å². The maximum Gasteiger partial charge on any atom is 0.194 e. The molecule has 2 aromatic rings. The zero-order valence-electron chi connectivity index (χ0n) is 17.2. The Kier molecular flexibility index (Phi) is 7.25. The van der Waals surface area contributed by atoms with Crippen LogP contribution in [0, 0.1) is 28.8 Å². The number of halogens is 4. The summed E-state index contributed by atoms with van der Waals surface area (Å²) >= 11 is 7.16. The van der Waals surface area contributed by atoms with Gasteiger partial charge in [0.15, 0.2) is 17.5 Å². The Morgan fingerprint density at radius 2 is 1.88 bits per heavy atom. The number of nitriles is 1. The minimum atomic E-state index is -1.59. The van der Waals surface area contributed by atoms with Gasteiger partial charge in [-0.3, -0.25) is 0 Å². The zero-order chi connectivity index (χ0) is 24.6. The fraction of sp³-hybridized carbons (Fsp3) is 0.286. The summed E-state index contributed by atoms with van der Waals surface area (Å²) in [5.74, 6) is -4.31. The maximum atomic E-state index is 13.7. The van der Waals surface area contributed by atoms with Crippen molar-refractivity contribution >= 4 is 29.1 Å². The second-order valence-corrected chi connectivity index (χ2v) is 9.16. The molecule has 0 saturated carbocycles. The Bertz CT molecular complexity index is 1140. The lowest BCUT2D eigenvalue weighted by Crippen LogP contribution is -2.99. The van der Waals surface area contributed by atoms with Gasteiger partial charge in [-0.15, -0.1) is 5.53 Å². The number of benzene rings is 2. The molecule has 0 amide bonds. The molecule has 180 valence electrons. The van der Waals surface area contributed by atoms with E-state index in [0.29, 0.717) is 4.90 Å². The van der Waals surface area contributed by atoms with Crippen LogP contribution in [0.1, 0.15) is 11.1 Å². The summed E-state index contributed by atoms with van der Waals surface area (Å²) in [6.07, 6.45) is -2.29. The number of nitrogens with one attached hydrogen (secondary N) is 1. The Labute approximate surface area is 201 Å². The fourth-order valence-corrected chi connectivity index (χ4v) is 5.11. The SMILES string of the molecule is N#Cc1ccc(S[C@H]2OC(CO)[C@H](O)C(N3C=C(c4cc(F)c(F)c(F)c4)N[NH2+]3)C2O)cc1Cl. The van der Waals surface area contributed by atoms with Crippen LogP contribution in [-0.4, -0.2) is 56.7 Å². The van der Waals surface area contributed by atoms with E-state index in [1.165, 1.54) is 28.9 Å². The second-order valence-electron chi connectivity index (χ2n) is 7.59. The van der Waals surface area contributed by atoms with E-state index in [1.807, 2.05) is 6.07 Å². The molecule has 0 aliphatic carbocycles. The molecule has 0 aromatic heterocycles. The number of rotatable bonds is 5. The number of quaternary nitrogens is 1. The number of nitrogens with zero attached hydrogens (tertiary/aromatic N) is 2. The lowest BCUT2D eigenvalue weighted by atomic mass is 9.97. The monoisotopic (exact) mass is 515 g/mol. The fourth-order valence-electron chi connectivity index (χ4n) is 3.72. The average Bonchev–Trinajstić information content (AvgIpc) is 3.29. The first kappa shape index (κ1) is 24.6. The molecule has 0 spiro atoms. The summed E-state index contributed by atoms with van der Waals surface area (Å²) in [5, 5.41) is 42.1. The topological polar surface area (TPSA) is 126 Å². The van der Waals surface area contributed by atoms with E-state index < -0.39 is 53.8 Å². The Morgan fingerprint density at radius 3 is 2.50 bits per heavy atom.